The normalized spacial score (nSPS) is 10.6. The lowest BCUT2D eigenvalue weighted by molar-refractivity contribution is 0.102. The van der Waals surface area contributed by atoms with Crippen LogP contribution in [0.1, 0.15) is 10.4 Å². The second-order valence-corrected chi connectivity index (χ2v) is 6.18. The number of fused-ring (bicyclic) bond motifs is 1. The van der Waals surface area contributed by atoms with Crippen LogP contribution in [-0.2, 0) is 0 Å². The third-order valence-corrected chi connectivity index (χ3v) is 4.42. The van der Waals surface area contributed by atoms with Gasteiger partial charge >= 0.3 is 0 Å². The Balaban J connectivity index is 1.65. The number of anilines is 2. The summed E-state index contributed by atoms with van der Waals surface area (Å²) in [6.45, 7) is 0. The van der Waals surface area contributed by atoms with Crippen LogP contribution in [0.25, 0.3) is 21.9 Å². The molecule has 126 valence electrons. The lowest BCUT2D eigenvalue weighted by Gasteiger charge is -2.09. The predicted molar refractivity (Wildman–Crippen MR) is 108 cm³/mol. The van der Waals surface area contributed by atoms with E-state index in [1.54, 1.807) is 18.2 Å². The number of benzene rings is 4. The van der Waals surface area contributed by atoms with Crippen molar-refractivity contribution in [3.63, 3.8) is 0 Å². The molecule has 3 nitrogen and oxygen atoms in total. The predicted octanol–water partition coefficient (Wildman–Crippen LogP) is 5.34. The molecule has 0 saturated heterocycles. The summed E-state index contributed by atoms with van der Waals surface area (Å²) in [6.07, 6.45) is 0. The number of nitrogens with two attached hydrogens (primary N) is 1. The van der Waals surface area contributed by atoms with Gasteiger partial charge in [-0.05, 0) is 52.2 Å². The third kappa shape index (κ3) is 3.15. The molecule has 0 heterocycles. The van der Waals surface area contributed by atoms with Gasteiger partial charge in [0.2, 0.25) is 0 Å². The smallest absolute Gasteiger partial charge is 0.255 e. The Bertz CT molecular complexity index is 1100. The van der Waals surface area contributed by atoms with E-state index in [-0.39, 0.29) is 5.91 Å². The van der Waals surface area contributed by atoms with E-state index in [1.165, 1.54) is 10.8 Å². The number of nitrogen functional groups attached to an aromatic ring is 1. The molecule has 0 aliphatic rings. The molecule has 0 aliphatic heterocycles. The minimum atomic E-state index is -0.175. The van der Waals surface area contributed by atoms with Crippen molar-refractivity contribution in [1.29, 1.82) is 0 Å². The highest BCUT2D eigenvalue weighted by Gasteiger charge is 2.09. The number of nitrogens with one attached hydrogen (secondary N) is 1. The third-order valence-electron chi connectivity index (χ3n) is 4.42. The second-order valence-electron chi connectivity index (χ2n) is 6.18. The fourth-order valence-electron chi connectivity index (χ4n) is 3.01. The molecule has 4 aromatic rings. The summed E-state index contributed by atoms with van der Waals surface area (Å²) in [5.41, 5.74) is 9.75. The monoisotopic (exact) mass is 338 g/mol. The molecule has 1 amide bonds. The first-order valence-electron chi connectivity index (χ1n) is 8.46. The molecule has 4 rings (SSSR count). The Labute approximate surface area is 152 Å². The molecule has 3 heteroatoms. The van der Waals surface area contributed by atoms with Crippen molar-refractivity contribution in [2.45, 2.75) is 0 Å². The Morgan fingerprint density at radius 2 is 1.42 bits per heavy atom. The number of amides is 1. The van der Waals surface area contributed by atoms with E-state index in [0.29, 0.717) is 16.9 Å². The highest BCUT2D eigenvalue weighted by atomic mass is 16.1. The Morgan fingerprint density at radius 1 is 0.692 bits per heavy atom. The molecule has 26 heavy (non-hydrogen) atoms. The van der Waals surface area contributed by atoms with E-state index in [9.17, 15) is 4.79 Å². The van der Waals surface area contributed by atoms with Crippen molar-refractivity contribution in [2.24, 2.45) is 0 Å². The Hall–Kier alpha value is -3.59. The van der Waals surface area contributed by atoms with Crippen molar-refractivity contribution >= 4 is 28.1 Å². The summed E-state index contributed by atoms with van der Waals surface area (Å²) in [6, 6.07) is 29.4. The van der Waals surface area contributed by atoms with Gasteiger partial charge in [-0.2, -0.15) is 0 Å². The quantitative estimate of drug-likeness (QED) is 0.495. The van der Waals surface area contributed by atoms with Crippen LogP contribution >= 0.6 is 0 Å². The Morgan fingerprint density at radius 3 is 2.27 bits per heavy atom. The summed E-state index contributed by atoms with van der Waals surface area (Å²) in [5.74, 6) is -0.175. The zero-order valence-corrected chi connectivity index (χ0v) is 14.1. The van der Waals surface area contributed by atoms with E-state index in [1.807, 2.05) is 42.5 Å². The molecule has 0 spiro atoms. The summed E-state index contributed by atoms with van der Waals surface area (Å²) in [5, 5.41) is 5.25. The number of rotatable bonds is 3. The van der Waals surface area contributed by atoms with Gasteiger partial charge in [0.25, 0.3) is 5.91 Å². The second kappa shape index (κ2) is 6.73. The first-order chi connectivity index (χ1) is 12.7. The maximum atomic E-state index is 12.6. The van der Waals surface area contributed by atoms with Crippen LogP contribution in [0.4, 0.5) is 11.4 Å². The van der Waals surface area contributed by atoms with Gasteiger partial charge in [0.15, 0.2) is 0 Å². The van der Waals surface area contributed by atoms with Gasteiger partial charge in [-0.15, -0.1) is 0 Å². The van der Waals surface area contributed by atoms with Crippen LogP contribution in [0.15, 0.2) is 91.0 Å². The summed E-state index contributed by atoms with van der Waals surface area (Å²) >= 11 is 0. The molecule has 0 radical (unpaired) electrons. The van der Waals surface area contributed by atoms with Crippen molar-refractivity contribution in [3.05, 3.63) is 96.6 Å². The number of para-hydroxylation sites is 2. The fourth-order valence-corrected chi connectivity index (χ4v) is 3.01. The minimum absolute atomic E-state index is 0.175. The van der Waals surface area contributed by atoms with Crippen LogP contribution in [-0.4, -0.2) is 5.91 Å². The zero-order valence-electron chi connectivity index (χ0n) is 14.1. The maximum absolute atomic E-state index is 12.6. The highest BCUT2D eigenvalue weighted by Crippen LogP contribution is 2.26. The molecule has 0 aliphatic carbocycles. The average molecular weight is 338 g/mol. The Kier molecular flexibility index (Phi) is 4.12. The van der Waals surface area contributed by atoms with Gasteiger partial charge < -0.3 is 11.1 Å². The van der Waals surface area contributed by atoms with E-state index < -0.39 is 0 Å². The zero-order chi connectivity index (χ0) is 17.9. The summed E-state index contributed by atoms with van der Waals surface area (Å²) in [7, 11) is 0. The molecule has 0 aromatic heterocycles. The van der Waals surface area contributed by atoms with Crippen LogP contribution in [0.2, 0.25) is 0 Å². The largest absolute Gasteiger partial charge is 0.397 e. The molecule has 0 unspecified atom stereocenters. The highest BCUT2D eigenvalue weighted by molar-refractivity contribution is 6.06. The van der Waals surface area contributed by atoms with Gasteiger partial charge in [-0.1, -0.05) is 60.7 Å². The lowest BCUT2D eigenvalue weighted by Crippen LogP contribution is -2.13. The van der Waals surface area contributed by atoms with E-state index >= 15 is 0 Å². The lowest BCUT2D eigenvalue weighted by atomic mass is 9.99. The maximum Gasteiger partial charge on any atom is 0.255 e. The molecule has 0 bridgehead atoms. The minimum Gasteiger partial charge on any atom is -0.397 e. The molecule has 0 saturated carbocycles. The topological polar surface area (TPSA) is 55.1 Å². The first kappa shape index (κ1) is 15.9. The molecule has 0 fully saturated rings. The van der Waals surface area contributed by atoms with Crippen molar-refractivity contribution in [3.8, 4) is 11.1 Å². The molecule has 4 aromatic carbocycles. The van der Waals surface area contributed by atoms with Crippen LogP contribution in [0, 0.1) is 0 Å². The SMILES string of the molecule is Nc1ccccc1NC(=O)c1cccc(-c2ccc3ccccc3c2)c1. The van der Waals surface area contributed by atoms with Crippen LogP contribution < -0.4 is 11.1 Å². The fraction of sp³-hybridized carbons (Fsp3) is 0. The van der Waals surface area contributed by atoms with Gasteiger partial charge in [0.1, 0.15) is 0 Å². The van der Waals surface area contributed by atoms with Crippen LogP contribution in [0.5, 0.6) is 0 Å². The molecular weight excluding hydrogens is 320 g/mol. The first-order valence-corrected chi connectivity index (χ1v) is 8.46. The van der Waals surface area contributed by atoms with Crippen molar-refractivity contribution in [2.75, 3.05) is 11.1 Å². The van der Waals surface area contributed by atoms with E-state index in [4.69, 9.17) is 5.73 Å². The summed E-state index contributed by atoms with van der Waals surface area (Å²) in [4.78, 5) is 12.6. The number of hydrogen-bond acceptors (Lipinski definition) is 2. The van der Waals surface area contributed by atoms with Crippen LogP contribution in [0.3, 0.4) is 0 Å². The van der Waals surface area contributed by atoms with Crippen molar-refractivity contribution in [1.82, 2.24) is 0 Å². The van der Waals surface area contributed by atoms with E-state index in [2.05, 4.69) is 35.6 Å². The summed E-state index contributed by atoms with van der Waals surface area (Å²) < 4.78 is 0. The van der Waals surface area contributed by atoms with E-state index in [0.717, 1.165) is 11.1 Å². The van der Waals surface area contributed by atoms with Gasteiger partial charge in [0, 0.05) is 5.56 Å². The standard InChI is InChI=1S/C23H18N2O/c24-21-10-3-4-11-22(21)25-23(26)20-9-5-8-18(15-20)19-13-12-16-6-1-2-7-17(16)14-19/h1-15H,24H2,(H,25,26). The molecule has 0 atom stereocenters. The van der Waals surface area contributed by atoms with Gasteiger partial charge in [-0.25, -0.2) is 0 Å². The number of hydrogen-bond donors (Lipinski definition) is 2. The average Bonchev–Trinajstić information content (AvgIpc) is 2.69. The van der Waals surface area contributed by atoms with Crippen molar-refractivity contribution < 1.29 is 4.79 Å². The number of carbonyl (C=O) groups is 1. The molecule has 3 N–H and O–H groups in total. The van der Waals surface area contributed by atoms with Gasteiger partial charge in [-0.3, -0.25) is 4.79 Å². The number of carbonyl (C=O) groups excluding carboxylic acids is 1. The molecular formula is C23H18N2O. The van der Waals surface area contributed by atoms with Gasteiger partial charge in [0.05, 0.1) is 11.4 Å².